The molecule has 1 N–H and O–H groups in total. The maximum Gasteiger partial charge on any atom is 0.279 e. The van der Waals surface area contributed by atoms with Crippen molar-refractivity contribution in [2.24, 2.45) is 17.8 Å². The second kappa shape index (κ2) is 5.78. The number of nitrogens with one attached hydrogen (secondary N) is 1. The van der Waals surface area contributed by atoms with Crippen molar-refractivity contribution in [2.75, 3.05) is 13.6 Å². The molecule has 2 fully saturated rings. The summed E-state index contributed by atoms with van der Waals surface area (Å²) < 4.78 is 28.2. The van der Waals surface area contributed by atoms with E-state index in [9.17, 15) is 8.42 Å². The van der Waals surface area contributed by atoms with Gasteiger partial charge in [0.1, 0.15) is 0 Å². The first kappa shape index (κ1) is 14.8. The van der Waals surface area contributed by atoms with Crippen molar-refractivity contribution in [2.45, 2.75) is 45.1 Å². The molecule has 2 aliphatic rings. The van der Waals surface area contributed by atoms with E-state index in [4.69, 9.17) is 5.26 Å². The summed E-state index contributed by atoms with van der Waals surface area (Å²) in [5.41, 5.74) is 0. The molecule has 2 saturated carbocycles. The van der Waals surface area contributed by atoms with Crippen LogP contribution >= 0.6 is 0 Å². The van der Waals surface area contributed by atoms with Crippen LogP contribution in [0.2, 0.25) is 0 Å². The van der Waals surface area contributed by atoms with Crippen molar-refractivity contribution in [3.63, 3.8) is 0 Å². The van der Waals surface area contributed by atoms with Crippen LogP contribution in [0.25, 0.3) is 0 Å². The number of fused-ring (bicyclic) bond motifs is 2. The van der Waals surface area contributed by atoms with E-state index in [1.807, 2.05) is 13.0 Å². The molecule has 0 aromatic heterocycles. The van der Waals surface area contributed by atoms with E-state index >= 15 is 0 Å². The van der Waals surface area contributed by atoms with Crippen LogP contribution in [0.5, 0.6) is 0 Å². The van der Waals surface area contributed by atoms with Gasteiger partial charge in [-0.3, -0.25) is 0 Å². The molecule has 0 aromatic carbocycles. The second-order valence-corrected chi connectivity index (χ2v) is 7.79. The van der Waals surface area contributed by atoms with Gasteiger partial charge in [0.15, 0.2) is 0 Å². The Morgan fingerprint density at radius 3 is 2.68 bits per heavy atom. The van der Waals surface area contributed by atoms with Crippen LogP contribution in [0.1, 0.15) is 39.0 Å². The van der Waals surface area contributed by atoms with Gasteiger partial charge in [-0.25, -0.2) is 0 Å². The third-order valence-electron chi connectivity index (χ3n) is 4.72. The fourth-order valence-corrected chi connectivity index (χ4v) is 4.80. The molecule has 0 aliphatic heterocycles. The van der Waals surface area contributed by atoms with Gasteiger partial charge in [-0.05, 0) is 43.9 Å². The van der Waals surface area contributed by atoms with Gasteiger partial charge in [0.05, 0.1) is 6.07 Å². The minimum atomic E-state index is -3.45. The first-order valence-electron chi connectivity index (χ1n) is 7.04. The lowest BCUT2D eigenvalue weighted by Crippen LogP contribution is -2.46. The zero-order valence-corrected chi connectivity index (χ0v) is 12.5. The molecule has 0 heterocycles. The van der Waals surface area contributed by atoms with Gasteiger partial charge in [0.25, 0.3) is 10.2 Å². The Morgan fingerprint density at radius 2 is 2.16 bits per heavy atom. The normalized spacial score (nSPS) is 31.6. The monoisotopic (exact) mass is 285 g/mol. The Labute approximate surface area is 116 Å². The van der Waals surface area contributed by atoms with E-state index in [2.05, 4.69) is 4.72 Å². The van der Waals surface area contributed by atoms with Crippen LogP contribution in [0.3, 0.4) is 0 Å². The zero-order chi connectivity index (χ0) is 14.0. The second-order valence-electron chi connectivity index (χ2n) is 5.98. The first-order chi connectivity index (χ1) is 8.94. The Kier molecular flexibility index (Phi) is 4.49. The topological polar surface area (TPSA) is 73.2 Å². The molecular formula is C13H23N3O2S. The van der Waals surface area contributed by atoms with Crippen molar-refractivity contribution < 1.29 is 8.42 Å². The molecule has 19 heavy (non-hydrogen) atoms. The summed E-state index contributed by atoms with van der Waals surface area (Å²) in [5, 5.41) is 8.51. The summed E-state index contributed by atoms with van der Waals surface area (Å²) >= 11 is 0. The van der Waals surface area contributed by atoms with Crippen LogP contribution in [0.15, 0.2) is 0 Å². The van der Waals surface area contributed by atoms with Gasteiger partial charge in [0, 0.05) is 26.1 Å². The number of hydrogen-bond donors (Lipinski definition) is 1. The van der Waals surface area contributed by atoms with E-state index in [1.165, 1.54) is 30.6 Å². The van der Waals surface area contributed by atoms with Crippen LogP contribution in [-0.2, 0) is 10.2 Å². The lowest BCUT2D eigenvalue weighted by atomic mass is 9.84. The SMILES string of the molecule is CC(NS(=O)(=O)N(C)CCC#N)C1CC2CCC1C2. The summed E-state index contributed by atoms with van der Waals surface area (Å²) in [6.07, 6.45) is 5.24. The third kappa shape index (κ3) is 3.28. The summed E-state index contributed by atoms with van der Waals surface area (Å²) in [7, 11) is -1.93. The number of nitriles is 1. The molecule has 0 spiro atoms. The van der Waals surface area contributed by atoms with E-state index in [0.29, 0.717) is 11.8 Å². The molecule has 0 saturated heterocycles. The largest absolute Gasteiger partial charge is 0.279 e. The van der Waals surface area contributed by atoms with Gasteiger partial charge in [-0.15, -0.1) is 0 Å². The number of rotatable bonds is 6. The van der Waals surface area contributed by atoms with Gasteiger partial charge in [-0.2, -0.15) is 22.7 Å². The highest BCUT2D eigenvalue weighted by molar-refractivity contribution is 7.87. The van der Waals surface area contributed by atoms with Gasteiger partial charge in [0.2, 0.25) is 0 Å². The Bertz CT molecular complexity index is 457. The van der Waals surface area contributed by atoms with E-state index < -0.39 is 10.2 Å². The Hall–Kier alpha value is -0.640. The van der Waals surface area contributed by atoms with Crippen molar-refractivity contribution in [3.8, 4) is 6.07 Å². The molecule has 0 amide bonds. The van der Waals surface area contributed by atoms with Crippen LogP contribution < -0.4 is 4.72 Å². The highest BCUT2D eigenvalue weighted by Crippen LogP contribution is 2.49. The van der Waals surface area contributed by atoms with E-state index in [1.54, 1.807) is 0 Å². The van der Waals surface area contributed by atoms with Crippen LogP contribution in [-0.4, -0.2) is 32.4 Å². The molecule has 2 aliphatic carbocycles. The summed E-state index contributed by atoms with van der Waals surface area (Å²) in [5.74, 6) is 2.00. The van der Waals surface area contributed by atoms with Crippen molar-refractivity contribution in [3.05, 3.63) is 0 Å². The maximum absolute atomic E-state index is 12.1. The molecule has 4 unspecified atom stereocenters. The van der Waals surface area contributed by atoms with Gasteiger partial charge >= 0.3 is 0 Å². The fraction of sp³-hybridized carbons (Fsp3) is 0.923. The van der Waals surface area contributed by atoms with Crippen molar-refractivity contribution in [1.82, 2.24) is 9.03 Å². The smallest absolute Gasteiger partial charge is 0.199 e. The Balaban J connectivity index is 1.91. The number of nitrogens with zero attached hydrogens (tertiary/aromatic N) is 2. The highest BCUT2D eigenvalue weighted by Gasteiger charge is 2.42. The highest BCUT2D eigenvalue weighted by atomic mass is 32.2. The predicted molar refractivity (Wildman–Crippen MR) is 73.3 cm³/mol. The molecule has 2 bridgehead atoms. The lowest BCUT2D eigenvalue weighted by Gasteiger charge is -2.29. The van der Waals surface area contributed by atoms with Crippen molar-refractivity contribution >= 4 is 10.2 Å². The van der Waals surface area contributed by atoms with Gasteiger partial charge in [-0.1, -0.05) is 6.42 Å². The van der Waals surface area contributed by atoms with Crippen LogP contribution in [0, 0.1) is 29.1 Å². The minimum absolute atomic E-state index is 0.00941. The van der Waals surface area contributed by atoms with Gasteiger partial charge < -0.3 is 0 Å². The summed E-state index contributed by atoms with van der Waals surface area (Å²) in [4.78, 5) is 0. The average Bonchev–Trinajstić information content (AvgIpc) is 2.97. The van der Waals surface area contributed by atoms with Crippen molar-refractivity contribution in [1.29, 1.82) is 5.26 Å². The fourth-order valence-electron chi connectivity index (χ4n) is 3.65. The molecule has 4 atom stereocenters. The van der Waals surface area contributed by atoms with E-state index in [0.717, 1.165) is 12.3 Å². The lowest BCUT2D eigenvalue weighted by molar-refractivity contribution is 0.277. The molecular weight excluding hydrogens is 262 g/mol. The molecule has 2 rings (SSSR count). The maximum atomic E-state index is 12.1. The molecule has 5 nitrogen and oxygen atoms in total. The Morgan fingerprint density at radius 1 is 1.42 bits per heavy atom. The summed E-state index contributed by atoms with van der Waals surface area (Å²) in [6.45, 7) is 2.22. The quantitative estimate of drug-likeness (QED) is 0.803. The zero-order valence-electron chi connectivity index (χ0n) is 11.7. The number of hydrogen-bond acceptors (Lipinski definition) is 3. The first-order valence-corrected chi connectivity index (χ1v) is 8.48. The average molecular weight is 285 g/mol. The minimum Gasteiger partial charge on any atom is -0.199 e. The predicted octanol–water partition coefficient (Wildman–Crippen LogP) is 1.49. The molecule has 6 heteroatoms. The standard InChI is InChI=1S/C13H23N3O2S/c1-10(13-9-11-4-5-12(13)8-11)15-19(17,18)16(2)7-3-6-14/h10-13,15H,3-5,7-9H2,1-2H3. The summed E-state index contributed by atoms with van der Waals surface area (Å²) in [6, 6.07) is 1.96. The molecule has 108 valence electrons. The molecule has 0 radical (unpaired) electrons. The van der Waals surface area contributed by atoms with Crippen LogP contribution in [0.4, 0.5) is 0 Å². The third-order valence-corrected chi connectivity index (χ3v) is 6.39. The molecule has 0 aromatic rings. The van der Waals surface area contributed by atoms with E-state index in [-0.39, 0.29) is 19.0 Å².